The lowest BCUT2D eigenvalue weighted by Gasteiger charge is -2.40. The van der Waals surface area contributed by atoms with Crippen molar-refractivity contribution in [3.8, 4) is 0 Å². The second kappa shape index (κ2) is 9.21. The Bertz CT molecular complexity index is 669. The summed E-state index contributed by atoms with van der Waals surface area (Å²) in [6.07, 6.45) is 5.25. The van der Waals surface area contributed by atoms with Crippen LogP contribution >= 0.6 is 0 Å². The number of nitrogens with zero attached hydrogens (tertiary/aromatic N) is 4. The Labute approximate surface area is 169 Å². The maximum Gasteiger partial charge on any atom is 0.226 e. The molecule has 2 aliphatic rings. The van der Waals surface area contributed by atoms with Crippen LogP contribution in [0.5, 0.6) is 0 Å². The lowest BCUT2D eigenvalue weighted by molar-refractivity contribution is -0.139. The zero-order chi connectivity index (χ0) is 20.3. The Morgan fingerprint density at radius 3 is 2.57 bits per heavy atom. The van der Waals surface area contributed by atoms with Crippen LogP contribution in [0.3, 0.4) is 0 Å². The van der Waals surface area contributed by atoms with Crippen LogP contribution < -0.4 is 10.6 Å². The van der Waals surface area contributed by atoms with Crippen molar-refractivity contribution in [2.24, 2.45) is 17.6 Å². The third-order valence-electron chi connectivity index (χ3n) is 6.51. The highest BCUT2D eigenvalue weighted by molar-refractivity contribution is 5.80. The van der Waals surface area contributed by atoms with Crippen LogP contribution in [0, 0.1) is 18.8 Å². The highest BCUT2D eigenvalue weighted by Crippen LogP contribution is 2.34. The molecule has 0 spiro atoms. The van der Waals surface area contributed by atoms with Crippen molar-refractivity contribution in [3.05, 3.63) is 17.6 Å². The number of hydrogen-bond acceptors (Lipinski definition) is 5. The smallest absolute Gasteiger partial charge is 0.226 e. The van der Waals surface area contributed by atoms with E-state index < -0.39 is 0 Å². The minimum atomic E-state index is 0.140. The number of aromatic nitrogens is 2. The van der Waals surface area contributed by atoms with Crippen LogP contribution in [0.1, 0.15) is 70.3 Å². The van der Waals surface area contributed by atoms with Gasteiger partial charge in [-0.15, -0.1) is 0 Å². The number of rotatable bonds is 6. The van der Waals surface area contributed by atoms with E-state index in [4.69, 9.17) is 10.7 Å². The summed E-state index contributed by atoms with van der Waals surface area (Å²) in [6.45, 7) is 11.7. The quantitative estimate of drug-likeness (QED) is 0.812. The largest absolute Gasteiger partial charge is 0.356 e. The van der Waals surface area contributed by atoms with E-state index in [0.29, 0.717) is 30.3 Å². The Kier molecular flexibility index (Phi) is 6.91. The average Bonchev–Trinajstić information content (AvgIpc) is 3.17. The summed E-state index contributed by atoms with van der Waals surface area (Å²) < 4.78 is 0. The summed E-state index contributed by atoms with van der Waals surface area (Å²) in [5, 5.41) is 0. The minimum absolute atomic E-state index is 0.140. The van der Waals surface area contributed by atoms with E-state index in [1.54, 1.807) is 0 Å². The predicted octanol–water partition coefficient (Wildman–Crippen LogP) is 3.10. The predicted molar refractivity (Wildman–Crippen MR) is 113 cm³/mol. The summed E-state index contributed by atoms with van der Waals surface area (Å²) >= 11 is 0. The van der Waals surface area contributed by atoms with Crippen molar-refractivity contribution >= 4 is 11.7 Å². The molecule has 3 rings (SSSR count). The molecular weight excluding hydrogens is 350 g/mol. The number of hydrogen-bond donors (Lipinski definition) is 1. The van der Waals surface area contributed by atoms with Crippen LogP contribution in [0.4, 0.5) is 5.82 Å². The fourth-order valence-electron chi connectivity index (χ4n) is 4.85. The van der Waals surface area contributed by atoms with Crippen molar-refractivity contribution in [1.29, 1.82) is 0 Å². The molecule has 1 aromatic heterocycles. The van der Waals surface area contributed by atoms with Gasteiger partial charge in [-0.05, 0) is 52.0 Å². The van der Waals surface area contributed by atoms with E-state index in [0.717, 1.165) is 69.1 Å². The summed E-state index contributed by atoms with van der Waals surface area (Å²) in [7, 11) is 0. The van der Waals surface area contributed by atoms with Gasteiger partial charge in [0.1, 0.15) is 11.6 Å². The van der Waals surface area contributed by atoms with Gasteiger partial charge >= 0.3 is 0 Å². The van der Waals surface area contributed by atoms with Gasteiger partial charge in [-0.1, -0.05) is 20.3 Å². The zero-order valence-electron chi connectivity index (χ0n) is 18.0. The van der Waals surface area contributed by atoms with Gasteiger partial charge in [0, 0.05) is 49.3 Å². The summed E-state index contributed by atoms with van der Waals surface area (Å²) in [6, 6.07) is 2.42. The molecule has 6 heteroatoms. The fraction of sp³-hybridized carbons (Fsp3) is 0.773. The number of carbonyl (C=O) groups is 1. The van der Waals surface area contributed by atoms with Gasteiger partial charge in [-0.25, -0.2) is 9.97 Å². The van der Waals surface area contributed by atoms with Gasteiger partial charge in [-0.3, -0.25) is 4.79 Å². The summed E-state index contributed by atoms with van der Waals surface area (Å²) in [4.78, 5) is 27.0. The van der Waals surface area contributed by atoms with Crippen molar-refractivity contribution in [3.63, 3.8) is 0 Å². The molecule has 1 saturated heterocycles. The standard InChI is InChI=1S/C22H37N5O/c1-5-27(22(28)19-8-6-7-17(19)14-23)18-9-11-26(12-10-18)20-13-16(4)24-21(25-20)15(2)3/h13,15,17-19H,5-12,14,23H2,1-4H3/t17-,19-/m1/s1. The summed E-state index contributed by atoms with van der Waals surface area (Å²) in [5.41, 5.74) is 6.94. The van der Waals surface area contributed by atoms with Crippen molar-refractivity contribution < 1.29 is 4.79 Å². The van der Waals surface area contributed by atoms with Gasteiger partial charge in [0.15, 0.2) is 0 Å². The first kappa shape index (κ1) is 21.0. The second-order valence-electron chi connectivity index (χ2n) is 8.76. The van der Waals surface area contributed by atoms with Crippen molar-refractivity contribution in [1.82, 2.24) is 14.9 Å². The molecule has 2 atom stereocenters. The van der Waals surface area contributed by atoms with E-state index in [9.17, 15) is 4.79 Å². The van der Waals surface area contributed by atoms with Crippen LogP contribution in [0.15, 0.2) is 6.07 Å². The van der Waals surface area contributed by atoms with Crippen LogP contribution in [-0.2, 0) is 4.79 Å². The van der Waals surface area contributed by atoms with E-state index in [-0.39, 0.29) is 5.92 Å². The molecule has 1 saturated carbocycles. The second-order valence-corrected chi connectivity index (χ2v) is 8.76. The molecule has 1 aromatic rings. The molecule has 0 radical (unpaired) electrons. The first-order valence-corrected chi connectivity index (χ1v) is 11.1. The van der Waals surface area contributed by atoms with Crippen LogP contribution in [0.25, 0.3) is 0 Å². The van der Waals surface area contributed by atoms with Gasteiger partial charge < -0.3 is 15.5 Å². The van der Waals surface area contributed by atoms with Crippen molar-refractivity contribution in [2.45, 2.75) is 71.8 Å². The third-order valence-corrected chi connectivity index (χ3v) is 6.51. The van der Waals surface area contributed by atoms with Crippen LogP contribution in [-0.4, -0.2) is 53.0 Å². The average molecular weight is 388 g/mol. The molecule has 28 heavy (non-hydrogen) atoms. The Morgan fingerprint density at radius 2 is 1.96 bits per heavy atom. The molecule has 1 aliphatic heterocycles. The fourth-order valence-corrected chi connectivity index (χ4v) is 4.85. The van der Waals surface area contributed by atoms with Gasteiger partial charge in [0.25, 0.3) is 0 Å². The van der Waals surface area contributed by atoms with E-state index in [2.05, 4.69) is 41.6 Å². The molecule has 0 unspecified atom stereocenters. The first-order valence-electron chi connectivity index (χ1n) is 11.1. The normalized spacial score (nSPS) is 23.4. The molecule has 1 amide bonds. The number of anilines is 1. The number of carbonyl (C=O) groups excluding carboxylic acids is 1. The van der Waals surface area contributed by atoms with Crippen LogP contribution in [0.2, 0.25) is 0 Å². The number of nitrogens with two attached hydrogens (primary N) is 1. The molecule has 2 heterocycles. The molecule has 2 fully saturated rings. The van der Waals surface area contributed by atoms with E-state index >= 15 is 0 Å². The lowest BCUT2D eigenvalue weighted by Crippen LogP contribution is -2.50. The topological polar surface area (TPSA) is 75.3 Å². The molecular formula is C22H37N5O. The summed E-state index contributed by atoms with van der Waals surface area (Å²) in [5.74, 6) is 3.13. The number of amides is 1. The number of aryl methyl sites for hydroxylation is 1. The van der Waals surface area contributed by atoms with Gasteiger partial charge in [-0.2, -0.15) is 0 Å². The zero-order valence-corrected chi connectivity index (χ0v) is 18.0. The Hall–Kier alpha value is -1.69. The van der Waals surface area contributed by atoms with Gasteiger partial charge in [0.05, 0.1) is 0 Å². The molecule has 0 bridgehead atoms. The molecule has 156 valence electrons. The highest BCUT2D eigenvalue weighted by atomic mass is 16.2. The lowest BCUT2D eigenvalue weighted by atomic mass is 9.93. The first-order chi connectivity index (χ1) is 13.4. The van der Waals surface area contributed by atoms with E-state index in [1.807, 2.05) is 6.92 Å². The molecule has 6 nitrogen and oxygen atoms in total. The Balaban J connectivity index is 1.65. The minimum Gasteiger partial charge on any atom is -0.356 e. The maximum atomic E-state index is 13.2. The SMILES string of the molecule is CCN(C(=O)[C@@H]1CCC[C@@H]1CN)C1CCN(c2cc(C)nc(C(C)C)n2)CC1. The highest BCUT2D eigenvalue weighted by Gasteiger charge is 2.37. The molecule has 2 N–H and O–H groups in total. The van der Waals surface area contributed by atoms with Crippen molar-refractivity contribution in [2.75, 3.05) is 31.1 Å². The third kappa shape index (κ3) is 4.48. The number of piperidine rings is 1. The monoisotopic (exact) mass is 387 g/mol. The maximum absolute atomic E-state index is 13.2. The molecule has 0 aromatic carbocycles. The van der Waals surface area contributed by atoms with E-state index in [1.165, 1.54) is 0 Å². The molecule has 1 aliphatic carbocycles. The Morgan fingerprint density at radius 1 is 1.25 bits per heavy atom. The van der Waals surface area contributed by atoms with Gasteiger partial charge in [0.2, 0.25) is 5.91 Å².